The number of thiazole rings is 1. The monoisotopic (exact) mass is 528 g/mol. The van der Waals surface area contributed by atoms with Gasteiger partial charge in [0, 0.05) is 55.3 Å². The van der Waals surface area contributed by atoms with Crippen molar-refractivity contribution >= 4 is 32.2 Å². The molecule has 2 aromatic heterocycles. The van der Waals surface area contributed by atoms with Crippen molar-refractivity contribution in [2.45, 2.75) is 4.90 Å². The van der Waals surface area contributed by atoms with Crippen molar-refractivity contribution in [1.29, 1.82) is 0 Å². The van der Waals surface area contributed by atoms with Gasteiger partial charge >= 0.3 is 0 Å². The van der Waals surface area contributed by atoms with E-state index in [1.54, 1.807) is 18.2 Å². The summed E-state index contributed by atoms with van der Waals surface area (Å²) >= 11 is 1.42. The van der Waals surface area contributed by atoms with E-state index in [4.69, 9.17) is 4.74 Å². The van der Waals surface area contributed by atoms with Gasteiger partial charge in [-0.1, -0.05) is 12.1 Å². The number of benzene rings is 2. The van der Waals surface area contributed by atoms with Crippen LogP contribution in [0.3, 0.4) is 0 Å². The van der Waals surface area contributed by atoms with E-state index in [1.807, 2.05) is 10.3 Å². The third-order valence-electron chi connectivity index (χ3n) is 5.74. The first-order valence-electron chi connectivity index (χ1n) is 10.7. The molecule has 1 aliphatic heterocycles. The van der Waals surface area contributed by atoms with Crippen LogP contribution in [0.4, 0.5) is 10.8 Å². The molecule has 0 spiro atoms. The van der Waals surface area contributed by atoms with Gasteiger partial charge in [-0.05, 0) is 22.6 Å². The van der Waals surface area contributed by atoms with Gasteiger partial charge in [0.15, 0.2) is 5.13 Å². The Morgan fingerprint density at radius 3 is 2.61 bits per heavy atom. The number of anilines is 1. The molecule has 3 heterocycles. The summed E-state index contributed by atoms with van der Waals surface area (Å²) in [7, 11) is -2.30. The zero-order valence-electron chi connectivity index (χ0n) is 19.0. The molecule has 0 amide bonds. The first kappa shape index (κ1) is 23.8. The van der Waals surface area contributed by atoms with Crippen LogP contribution < -0.4 is 9.64 Å². The second-order valence-electron chi connectivity index (χ2n) is 7.80. The number of tetrazole rings is 1. The van der Waals surface area contributed by atoms with Gasteiger partial charge in [0.05, 0.1) is 22.6 Å². The Morgan fingerprint density at radius 1 is 1.11 bits per heavy atom. The summed E-state index contributed by atoms with van der Waals surface area (Å²) in [5.74, 6) is 0.332. The molecule has 1 aliphatic rings. The number of nitro benzene ring substituents is 1. The average Bonchev–Trinajstić information content (AvgIpc) is 3.61. The molecule has 13 nitrogen and oxygen atoms in total. The van der Waals surface area contributed by atoms with Crippen molar-refractivity contribution in [3.8, 4) is 22.7 Å². The maximum absolute atomic E-state index is 13.3. The van der Waals surface area contributed by atoms with E-state index in [2.05, 4.69) is 20.5 Å². The van der Waals surface area contributed by atoms with E-state index in [0.29, 0.717) is 35.8 Å². The third-order valence-corrected chi connectivity index (χ3v) is 8.53. The number of rotatable bonds is 7. The van der Waals surface area contributed by atoms with Gasteiger partial charge in [-0.3, -0.25) is 10.1 Å². The van der Waals surface area contributed by atoms with E-state index < -0.39 is 14.9 Å². The molecule has 36 heavy (non-hydrogen) atoms. The molecule has 1 fully saturated rings. The van der Waals surface area contributed by atoms with E-state index in [9.17, 15) is 18.5 Å². The SMILES string of the molecule is COc1cc(S(=O)(=O)N2CCN(c3nc(-c4cccc([N+](=O)[O-])c4)cs3)CC2)ccc1-n1cnnn1. The molecular weight excluding hydrogens is 508 g/mol. The number of hydrogen-bond acceptors (Lipinski definition) is 11. The van der Waals surface area contributed by atoms with Gasteiger partial charge in [0.1, 0.15) is 17.8 Å². The van der Waals surface area contributed by atoms with Crippen LogP contribution in [-0.2, 0) is 10.0 Å². The van der Waals surface area contributed by atoms with E-state index in [0.717, 1.165) is 5.13 Å². The lowest BCUT2D eigenvalue weighted by atomic mass is 10.1. The van der Waals surface area contributed by atoms with Crippen LogP contribution in [0, 0.1) is 10.1 Å². The van der Waals surface area contributed by atoms with Crippen LogP contribution in [-0.4, -0.2) is 76.1 Å². The first-order valence-corrected chi connectivity index (χ1v) is 13.1. The van der Waals surface area contributed by atoms with Gasteiger partial charge in [0.25, 0.3) is 5.69 Å². The largest absolute Gasteiger partial charge is 0.494 e. The van der Waals surface area contributed by atoms with Crippen molar-refractivity contribution in [2.75, 3.05) is 38.2 Å². The summed E-state index contributed by atoms with van der Waals surface area (Å²) in [6, 6.07) is 10.9. The minimum atomic E-state index is -3.75. The Kier molecular flexibility index (Phi) is 6.34. The number of hydrogen-bond donors (Lipinski definition) is 0. The highest BCUT2D eigenvalue weighted by atomic mass is 32.2. The number of piperazine rings is 1. The molecule has 5 rings (SSSR count). The molecule has 186 valence electrons. The van der Waals surface area contributed by atoms with Crippen LogP contribution in [0.2, 0.25) is 0 Å². The highest BCUT2D eigenvalue weighted by molar-refractivity contribution is 7.89. The summed E-state index contributed by atoms with van der Waals surface area (Å²) in [4.78, 5) is 17.4. The number of ether oxygens (including phenoxy) is 1. The fraction of sp³-hybridized carbons (Fsp3) is 0.238. The fourth-order valence-corrected chi connectivity index (χ4v) is 6.20. The predicted octanol–water partition coefficient (Wildman–Crippen LogP) is 2.21. The van der Waals surface area contributed by atoms with Gasteiger partial charge < -0.3 is 9.64 Å². The fourth-order valence-electron chi connectivity index (χ4n) is 3.87. The molecule has 0 atom stereocenters. The maximum Gasteiger partial charge on any atom is 0.270 e. The van der Waals surface area contributed by atoms with Crippen molar-refractivity contribution < 1.29 is 18.1 Å². The summed E-state index contributed by atoms with van der Waals surface area (Å²) in [6.45, 7) is 1.48. The number of aromatic nitrogens is 5. The van der Waals surface area contributed by atoms with Crippen LogP contribution in [0.5, 0.6) is 5.75 Å². The zero-order valence-corrected chi connectivity index (χ0v) is 20.6. The second kappa shape index (κ2) is 9.60. The molecule has 1 saturated heterocycles. The number of methoxy groups -OCH3 is 1. The summed E-state index contributed by atoms with van der Waals surface area (Å²) < 4.78 is 34.8. The Morgan fingerprint density at radius 2 is 1.92 bits per heavy atom. The molecule has 0 unspecified atom stereocenters. The van der Waals surface area contributed by atoms with Crippen molar-refractivity contribution in [2.24, 2.45) is 0 Å². The summed E-state index contributed by atoms with van der Waals surface area (Å²) in [5, 5.41) is 24.7. The maximum atomic E-state index is 13.3. The van der Waals surface area contributed by atoms with E-state index in [1.165, 1.54) is 58.0 Å². The highest BCUT2D eigenvalue weighted by Crippen LogP contribution is 2.31. The first-order chi connectivity index (χ1) is 17.4. The Bertz CT molecular complexity index is 1500. The standard InChI is InChI=1S/C21H20N8O5S2/c1-34-20-12-17(5-6-19(20)28-14-22-24-25-28)36(32,33)27-9-7-26(8-10-27)21-23-18(13-35-21)15-3-2-4-16(11-15)29(30)31/h2-6,11-14H,7-10H2,1H3. The number of sulfonamides is 1. The molecule has 4 aromatic rings. The number of nitro groups is 1. The van der Waals surface area contributed by atoms with Crippen molar-refractivity contribution in [3.63, 3.8) is 0 Å². The van der Waals surface area contributed by atoms with E-state index >= 15 is 0 Å². The lowest BCUT2D eigenvalue weighted by Gasteiger charge is -2.33. The van der Waals surface area contributed by atoms with Crippen LogP contribution in [0.25, 0.3) is 16.9 Å². The van der Waals surface area contributed by atoms with Gasteiger partial charge in [-0.25, -0.2) is 13.4 Å². The van der Waals surface area contributed by atoms with E-state index in [-0.39, 0.29) is 23.7 Å². The summed E-state index contributed by atoms with van der Waals surface area (Å²) in [5.41, 5.74) is 1.83. The number of nitrogens with zero attached hydrogens (tertiary/aromatic N) is 8. The minimum absolute atomic E-state index is 0.00323. The van der Waals surface area contributed by atoms with Crippen LogP contribution >= 0.6 is 11.3 Å². The average molecular weight is 529 g/mol. The zero-order chi connectivity index (χ0) is 25.3. The van der Waals surface area contributed by atoms with Gasteiger partial charge in [-0.2, -0.15) is 8.99 Å². The third kappa shape index (κ3) is 4.50. The molecular formula is C21H20N8O5S2. The molecule has 0 bridgehead atoms. The predicted molar refractivity (Wildman–Crippen MR) is 131 cm³/mol. The normalized spacial score (nSPS) is 14.6. The van der Waals surface area contributed by atoms with Crippen LogP contribution in [0.15, 0.2) is 59.1 Å². The van der Waals surface area contributed by atoms with Gasteiger partial charge in [0.2, 0.25) is 10.0 Å². The molecule has 15 heteroatoms. The smallest absolute Gasteiger partial charge is 0.270 e. The molecule has 0 saturated carbocycles. The lowest BCUT2D eigenvalue weighted by Crippen LogP contribution is -2.48. The van der Waals surface area contributed by atoms with Gasteiger partial charge in [-0.15, -0.1) is 16.4 Å². The van der Waals surface area contributed by atoms with Crippen LogP contribution in [0.1, 0.15) is 0 Å². The minimum Gasteiger partial charge on any atom is -0.494 e. The Balaban J connectivity index is 1.29. The molecule has 0 radical (unpaired) electrons. The number of non-ortho nitro benzene ring substituents is 1. The van der Waals surface area contributed by atoms with Crippen molar-refractivity contribution in [3.05, 3.63) is 64.3 Å². The van der Waals surface area contributed by atoms with Crippen molar-refractivity contribution in [1.82, 2.24) is 29.5 Å². The molecule has 2 aromatic carbocycles. The topological polar surface area (TPSA) is 149 Å². The molecule has 0 aliphatic carbocycles. The molecule has 0 N–H and O–H groups in total. The summed E-state index contributed by atoms with van der Waals surface area (Å²) in [6.07, 6.45) is 1.40. The quantitative estimate of drug-likeness (QED) is 0.258. The Hall–Kier alpha value is -3.95. The highest BCUT2D eigenvalue weighted by Gasteiger charge is 2.30. The second-order valence-corrected chi connectivity index (χ2v) is 10.6. The Labute approximate surface area is 209 Å². The lowest BCUT2D eigenvalue weighted by molar-refractivity contribution is -0.384.